The van der Waals surface area contributed by atoms with Crippen LogP contribution in [0.15, 0.2) is 0 Å². The molecule has 0 amide bonds. The van der Waals surface area contributed by atoms with Gasteiger partial charge in [0.2, 0.25) is 0 Å². The Morgan fingerprint density at radius 3 is 1.63 bits per heavy atom. The molecule has 1 unspecified atom stereocenters. The predicted octanol–water partition coefficient (Wildman–Crippen LogP) is 6.98. The van der Waals surface area contributed by atoms with Crippen molar-refractivity contribution in [3.05, 3.63) is 0 Å². The van der Waals surface area contributed by atoms with Crippen molar-refractivity contribution >= 4 is 0 Å². The molecule has 0 saturated carbocycles. The van der Waals surface area contributed by atoms with E-state index in [-0.39, 0.29) is 5.92 Å². The maximum absolute atomic E-state index is 8.96. The molecule has 0 aromatic rings. The van der Waals surface area contributed by atoms with Crippen molar-refractivity contribution < 1.29 is 14.2 Å². The van der Waals surface area contributed by atoms with E-state index in [2.05, 4.69) is 33.8 Å². The first-order valence-electron chi connectivity index (χ1n) is 11.5. The summed E-state index contributed by atoms with van der Waals surface area (Å²) >= 11 is 0. The highest BCUT2D eigenvalue weighted by molar-refractivity contribution is 4.76. The molecule has 0 rings (SSSR count). The third kappa shape index (κ3) is 12.4. The molecule has 4 heteroatoms. The molecule has 0 N–H and O–H groups in total. The van der Waals surface area contributed by atoms with Crippen molar-refractivity contribution in [1.82, 2.24) is 0 Å². The Kier molecular flexibility index (Phi) is 18.3. The molecule has 27 heavy (non-hydrogen) atoms. The van der Waals surface area contributed by atoms with Crippen molar-refractivity contribution in [3.8, 4) is 6.07 Å². The highest BCUT2D eigenvalue weighted by Gasteiger charge is 2.41. The molecule has 0 aliphatic carbocycles. The maximum atomic E-state index is 8.96. The van der Waals surface area contributed by atoms with Crippen LogP contribution in [0.1, 0.15) is 111 Å². The van der Waals surface area contributed by atoms with Crippen LogP contribution in [0.3, 0.4) is 0 Å². The van der Waals surface area contributed by atoms with E-state index in [9.17, 15) is 0 Å². The van der Waals surface area contributed by atoms with Crippen molar-refractivity contribution in [2.75, 3.05) is 19.8 Å². The molecule has 4 nitrogen and oxygen atoms in total. The molecule has 0 fully saturated rings. The van der Waals surface area contributed by atoms with Gasteiger partial charge >= 0.3 is 0 Å². The zero-order valence-electron chi connectivity index (χ0n) is 18.6. The second-order valence-electron chi connectivity index (χ2n) is 7.45. The van der Waals surface area contributed by atoms with E-state index in [1.165, 1.54) is 38.5 Å². The summed E-state index contributed by atoms with van der Waals surface area (Å²) in [7, 11) is 0. The summed E-state index contributed by atoms with van der Waals surface area (Å²) in [5.41, 5.74) is 0. The van der Waals surface area contributed by atoms with Crippen LogP contribution in [0.2, 0.25) is 0 Å². The maximum Gasteiger partial charge on any atom is 0.285 e. The lowest BCUT2D eigenvalue weighted by Crippen LogP contribution is -2.47. The average Bonchev–Trinajstić information content (AvgIpc) is 2.69. The van der Waals surface area contributed by atoms with Gasteiger partial charge in [-0.3, -0.25) is 0 Å². The van der Waals surface area contributed by atoms with E-state index < -0.39 is 5.97 Å². The zero-order valence-corrected chi connectivity index (χ0v) is 18.6. The number of nitrogens with zero attached hydrogens (tertiary/aromatic N) is 1. The molecule has 0 aromatic carbocycles. The van der Waals surface area contributed by atoms with E-state index in [1.54, 1.807) is 0 Å². The molecule has 0 heterocycles. The number of rotatable bonds is 20. The lowest BCUT2D eigenvalue weighted by Gasteiger charge is -2.40. The molecular formula is C23H45NO3. The minimum absolute atomic E-state index is 0.182. The summed E-state index contributed by atoms with van der Waals surface area (Å²) < 4.78 is 18.7. The molecular weight excluding hydrogens is 338 g/mol. The normalized spacial score (nSPS) is 12.9. The van der Waals surface area contributed by atoms with E-state index in [0.29, 0.717) is 26.2 Å². The van der Waals surface area contributed by atoms with Gasteiger partial charge in [0.25, 0.3) is 5.97 Å². The minimum Gasteiger partial charge on any atom is -0.327 e. The van der Waals surface area contributed by atoms with E-state index in [1.807, 2.05) is 0 Å². The quantitative estimate of drug-likeness (QED) is 0.168. The van der Waals surface area contributed by atoms with Crippen LogP contribution in [-0.4, -0.2) is 25.8 Å². The van der Waals surface area contributed by atoms with Crippen LogP contribution in [0.25, 0.3) is 0 Å². The van der Waals surface area contributed by atoms with Gasteiger partial charge < -0.3 is 14.2 Å². The second kappa shape index (κ2) is 18.7. The van der Waals surface area contributed by atoms with Gasteiger partial charge in [0, 0.05) is 12.3 Å². The number of unbranched alkanes of at least 4 members (excludes halogenated alkanes) is 6. The van der Waals surface area contributed by atoms with Gasteiger partial charge in [-0.05, 0) is 38.5 Å². The van der Waals surface area contributed by atoms with E-state index >= 15 is 0 Å². The van der Waals surface area contributed by atoms with Gasteiger partial charge in [0.05, 0.1) is 25.9 Å². The number of hydrogen-bond acceptors (Lipinski definition) is 4. The molecule has 0 aliphatic heterocycles. The van der Waals surface area contributed by atoms with Crippen LogP contribution in [-0.2, 0) is 14.2 Å². The Morgan fingerprint density at radius 2 is 1.15 bits per heavy atom. The molecule has 0 aromatic heterocycles. The average molecular weight is 384 g/mol. The first kappa shape index (κ1) is 26.4. The lowest BCUT2D eigenvalue weighted by atomic mass is 9.92. The van der Waals surface area contributed by atoms with Crippen molar-refractivity contribution in [1.29, 1.82) is 5.26 Å². The van der Waals surface area contributed by atoms with Crippen molar-refractivity contribution in [3.63, 3.8) is 0 Å². The largest absolute Gasteiger partial charge is 0.327 e. The standard InChI is InChI=1S/C23H45NO3/c1-5-9-10-11-12-13-16-22(17-14-15-18-24)23(25-19-6-2,26-20-7-3)27-21-8-4/h22H,5-17,19-21H2,1-4H3. The summed E-state index contributed by atoms with van der Waals surface area (Å²) in [6, 6.07) is 2.27. The first-order valence-corrected chi connectivity index (χ1v) is 11.5. The zero-order chi connectivity index (χ0) is 20.2. The topological polar surface area (TPSA) is 51.5 Å². The van der Waals surface area contributed by atoms with Gasteiger partial charge in [-0.15, -0.1) is 0 Å². The van der Waals surface area contributed by atoms with Crippen LogP contribution in [0.5, 0.6) is 0 Å². The number of nitriles is 1. The molecule has 0 spiro atoms. The Morgan fingerprint density at radius 1 is 0.667 bits per heavy atom. The summed E-state index contributed by atoms with van der Waals surface area (Å²) in [6.07, 6.45) is 13.9. The SMILES string of the molecule is CCCCCCCCC(CCCC#N)C(OCCC)(OCCC)OCCC. The van der Waals surface area contributed by atoms with Crippen molar-refractivity contribution in [2.45, 2.75) is 117 Å². The molecule has 1 atom stereocenters. The highest BCUT2D eigenvalue weighted by Crippen LogP contribution is 2.35. The van der Waals surface area contributed by atoms with Crippen LogP contribution in [0.4, 0.5) is 0 Å². The third-order valence-electron chi connectivity index (χ3n) is 4.77. The van der Waals surface area contributed by atoms with Gasteiger partial charge in [-0.1, -0.05) is 66.2 Å². The molecule has 0 aliphatic rings. The Labute approximate surface area is 169 Å². The van der Waals surface area contributed by atoms with E-state index in [0.717, 1.165) is 38.5 Å². The molecule has 0 saturated heterocycles. The Hall–Kier alpha value is -0.630. The van der Waals surface area contributed by atoms with Crippen molar-refractivity contribution in [2.24, 2.45) is 5.92 Å². The van der Waals surface area contributed by atoms with Crippen LogP contribution >= 0.6 is 0 Å². The molecule has 0 radical (unpaired) electrons. The third-order valence-corrected chi connectivity index (χ3v) is 4.77. The summed E-state index contributed by atoms with van der Waals surface area (Å²) in [5.74, 6) is -0.761. The summed E-state index contributed by atoms with van der Waals surface area (Å²) in [6.45, 7) is 10.5. The van der Waals surface area contributed by atoms with Gasteiger partial charge in [-0.25, -0.2) is 0 Å². The minimum atomic E-state index is -0.944. The highest BCUT2D eigenvalue weighted by atomic mass is 16.9. The van der Waals surface area contributed by atoms with Gasteiger partial charge in [0.15, 0.2) is 0 Å². The fourth-order valence-electron chi connectivity index (χ4n) is 3.31. The lowest BCUT2D eigenvalue weighted by molar-refractivity contribution is -0.406. The van der Waals surface area contributed by atoms with Gasteiger partial charge in [-0.2, -0.15) is 5.26 Å². The fraction of sp³-hybridized carbons (Fsp3) is 0.957. The first-order chi connectivity index (χ1) is 13.2. The smallest absolute Gasteiger partial charge is 0.285 e. The Bertz CT molecular complexity index is 332. The van der Waals surface area contributed by atoms with Crippen LogP contribution in [0, 0.1) is 17.2 Å². The molecule has 0 bridgehead atoms. The van der Waals surface area contributed by atoms with E-state index in [4.69, 9.17) is 19.5 Å². The summed E-state index contributed by atoms with van der Waals surface area (Å²) in [4.78, 5) is 0. The molecule has 160 valence electrons. The number of hydrogen-bond donors (Lipinski definition) is 0. The second-order valence-corrected chi connectivity index (χ2v) is 7.45. The Balaban J connectivity index is 5.08. The fourth-order valence-corrected chi connectivity index (χ4v) is 3.31. The number of ether oxygens (including phenoxy) is 3. The van der Waals surface area contributed by atoms with Crippen LogP contribution < -0.4 is 0 Å². The predicted molar refractivity (Wildman–Crippen MR) is 112 cm³/mol. The summed E-state index contributed by atoms with van der Waals surface area (Å²) in [5, 5.41) is 8.96. The van der Waals surface area contributed by atoms with Gasteiger partial charge in [0.1, 0.15) is 0 Å². The monoisotopic (exact) mass is 383 g/mol.